The number of carbonyl (C=O) groups excluding carboxylic acids is 3. The third-order valence-corrected chi connectivity index (χ3v) is 6.54. The van der Waals surface area contributed by atoms with E-state index in [1.807, 2.05) is 42.5 Å². The molecule has 1 N–H and O–H groups in total. The Labute approximate surface area is 207 Å². The van der Waals surface area contributed by atoms with Gasteiger partial charge in [0.15, 0.2) is 5.17 Å². The van der Waals surface area contributed by atoms with Crippen LogP contribution in [0.4, 0.5) is 11.4 Å². The molecular formula is C27H25N3O4S. The van der Waals surface area contributed by atoms with Crippen LogP contribution in [0.3, 0.4) is 0 Å². The topological polar surface area (TPSA) is 88.1 Å². The molecule has 3 aromatic rings. The largest absolute Gasteiger partial charge is 0.462 e. The van der Waals surface area contributed by atoms with Crippen molar-refractivity contribution in [1.29, 1.82) is 0 Å². The Bertz CT molecular complexity index is 1300. The third kappa shape index (κ3) is 5.60. The van der Waals surface area contributed by atoms with Crippen molar-refractivity contribution in [2.24, 2.45) is 4.99 Å². The molecule has 0 spiro atoms. The second-order valence-electron chi connectivity index (χ2n) is 7.79. The molecule has 1 saturated heterocycles. The first kappa shape index (κ1) is 24.2. The van der Waals surface area contributed by atoms with E-state index < -0.39 is 11.2 Å². The van der Waals surface area contributed by atoms with Gasteiger partial charge >= 0.3 is 5.97 Å². The number of nitrogens with zero attached hydrogens (tertiary/aromatic N) is 2. The highest BCUT2D eigenvalue weighted by atomic mass is 32.2. The van der Waals surface area contributed by atoms with Crippen molar-refractivity contribution in [3.63, 3.8) is 0 Å². The molecule has 35 heavy (non-hydrogen) atoms. The number of benzene rings is 3. The summed E-state index contributed by atoms with van der Waals surface area (Å²) in [5, 5.41) is 4.78. The molecule has 0 saturated carbocycles. The van der Waals surface area contributed by atoms with Crippen LogP contribution in [0.25, 0.3) is 10.8 Å². The molecule has 1 fully saturated rings. The monoisotopic (exact) mass is 487 g/mol. The van der Waals surface area contributed by atoms with E-state index in [1.165, 1.54) is 11.8 Å². The van der Waals surface area contributed by atoms with Gasteiger partial charge in [-0.1, -0.05) is 54.2 Å². The van der Waals surface area contributed by atoms with E-state index in [2.05, 4.69) is 11.9 Å². The Hall–Kier alpha value is -3.91. The van der Waals surface area contributed by atoms with Gasteiger partial charge in [-0.25, -0.2) is 9.79 Å². The third-order valence-electron chi connectivity index (χ3n) is 5.37. The molecule has 0 aromatic heterocycles. The van der Waals surface area contributed by atoms with Gasteiger partial charge in [-0.15, -0.1) is 6.58 Å². The van der Waals surface area contributed by atoms with Crippen LogP contribution in [0, 0.1) is 0 Å². The van der Waals surface area contributed by atoms with E-state index in [1.54, 1.807) is 42.2 Å². The predicted octanol–water partition coefficient (Wildman–Crippen LogP) is 5.16. The zero-order chi connectivity index (χ0) is 24.8. The van der Waals surface area contributed by atoms with Crippen molar-refractivity contribution in [3.8, 4) is 0 Å². The lowest BCUT2D eigenvalue weighted by Gasteiger charge is -2.14. The van der Waals surface area contributed by atoms with Crippen LogP contribution >= 0.6 is 11.8 Å². The van der Waals surface area contributed by atoms with Gasteiger partial charge in [-0.05, 0) is 42.6 Å². The van der Waals surface area contributed by atoms with Gasteiger partial charge in [0, 0.05) is 24.0 Å². The number of hydrogen-bond donors (Lipinski definition) is 1. The summed E-state index contributed by atoms with van der Waals surface area (Å²) in [6.07, 6.45) is 1.63. The quantitative estimate of drug-likeness (QED) is 0.350. The molecule has 1 unspecified atom stereocenters. The Kier molecular flexibility index (Phi) is 7.62. The summed E-state index contributed by atoms with van der Waals surface area (Å²) in [5.41, 5.74) is 1.70. The smallest absolute Gasteiger partial charge is 0.338 e. The molecule has 0 radical (unpaired) electrons. The number of thioether (sulfide) groups is 1. The van der Waals surface area contributed by atoms with E-state index in [0.29, 0.717) is 29.6 Å². The highest BCUT2D eigenvalue weighted by Crippen LogP contribution is 2.34. The molecule has 2 amide bonds. The number of nitrogens with one attached hydrogen (secondary N) is 1. The van der Waals surface area contributed by atoms with E-state index in [0.717, 1.165) is 16.5 Å². The average molecular weight is 488 g/mol. The molecule has 3 aromatic carbocycles. The molecule has 0 bridgehead atoms. The molecule has 0 aliphatic carbocycles. The summed E-state index contributed by atoms with van der Waals surface area (Å²) < 4.78 is 4.97. The maximum atomic E-state index is 13.1. The highest BCUT2D eigenvalue weighted by molar-refractivity contribution is 8.15. The van der Waals surface area contributed by atoms with Gasteiger partial charge in [0.1, 0.15) is 5.25 Å². The summed E-state index contributed by atoms with van der Waals surface area (Å²) in [7, 11) is 0. The first-order chi connectivity index (χ1) is 17.0. The SMILES string of the molecule is C=CCN1C(=O)C(CC(=O)Nc2ccc(C(=O)OCC)cc2)SC1=Nc1cccc2ccccc12. The van der Waals surface area contributed by atoms with E-state index >= 15 is 0 Å². The molecular weight excluding hydrogens is 462 g/mol. The summed E-state index contributed by atoms with van der Waals surface area (Å²) in [6, 6.07) is 20.2. The molecule has 178 valence electrons. The zero-order valence-electron chi connectivity index (χ0n) is 19.3. The lowest BCUT2D eigenvalue weighted by atomic mass is 10.1. The number of carbonyl (C=O) groups is 3. The molecule has 7 nitrogen and oxygen atoms in total. The van der Waals surface area contributed by atoms with Crippen LogP contribution in [-0.4, -0.2) is 46.3 Å². The first-order valence-electron chi connectivity index (χ1n) is 11.2. The zero-order valence-corrected chi connectivity index (χ0v) is 20.1. The number of anilines is 1. The minimum atomic E-state index is -0.595. The fourth-order valence-electron chi connectivity index (χ4n) is 3.72. The standard InChI is InChI=1S/C27H25N3O4S/c1-3-16-30-25(32)23(17-24(31)28-20-14-12-19(13-15-20)26(33)34-4-2)35-27(30)29-22-11-7-9-18-8-5-6-10-21(18)22/h3,5-15,23H,1,4,16-17H2,2H3,(H,28,31). The second kappa shape index (κ2) is 11.0. The Morgan fingerprint density at radius 2 is 1.86 bits per heavy atom. The number of hydrogen-bond acceptors (Lipinski definition) is 6. The number of aliphatic imine (C=N–C) groups is 1. The van der Waals surface area contributed by atoms with Crippen molar-refractivity contribution in [2.45, 2.75) is 18.6 Å². The van der Waals surface area contributed by atoms with Crippen molar-refractivity contribution in [2.75, 3.05) is 18.5 Å². The van der Waals surface area contributed by atoms with E-state index in [4.69, 9.17) is 9.73 Å². The second-order valence-corrected chi connectivity index (χ2v) is 8.96. The van der Waals surface area contributed by atoms with Gasteiger partial charge < -0.3 is 10.1 Å². The lowest BCUT2D eigenvalue weighted by molar-refractivity contribution is -0.127. The maximum Gasteiger partial charge on any atom is 0.338 e. The van der Waals surface area contributed by atoms with Gasteiger partial charge in [0.2, 0.25) is 11.8 Å². The molecule has 1 atom stereocenters. The van der Waals surface area contributed by atoms with Crippen molar-refractivity contribution in [1.82, 2.24) is 4.90 Å². The van der Waals surface area contributed by atoms with Gasteiger partial charge in [-0.3, -0.25) is 14.5 Å². The first-order valence-corrected chi connectivity index (χ1v) is 12.1. The van der Waals surface area contributed by atoms with Crippen molar-refractivity contribution < 1.29 is 19.1 Å². The maximum absolute atomic E-state index is 13.1. The Balaban J connectivity index is 1.48. The summed E-state index contributed by atoms with van der Waals surface area (Å²) in [5.74, 6) is -0.898. The van der Waals surface area contributed by atoms with Gasteiger partial charge in [0.25, 0.3) is 0 Å². The molecule has 1 heterocycles. The fourth-order valence-corrected chi connectivity index (χ4v) is 4.88. The van der Waals surface area contributed by atoms with Crippen molar-refractivity contribution in [3.05, 3.63) is 84.9 Å². The molecule has 1 aliphatic heterocycles. The number of ether oxygens (including phenoxy) is 1. The van der Waals surface area contributed by atoms with Gasteiger partial charge in [-0.2, -0.15) is 0 Å². The predicted molar refractivity (Wildman–Crippen MR) is 140 cm³/mol. The number of amides is 2. The van der Waals surface area contributed by atoms with E-state index in [-0.39, 0.29) is 18.2 Å². The number of amidine groups is 1. The summed E-state index contributed by atoms with van der Waals surface area (Å²) >= 11 is 1.28. The number of rotatable bonds is 8. The Morgan fingerprint density at radius 3 is 2.60 bits per heavy atom. The average Bonchev–Trinajstić information content (AvgIpc) is 3.14. The molecule has 1 aliphatic rings. The lowest BCUT2D eigenvalue weighted by Crippen LogP contribution is -2.33. The minimum Gasteiger partial charge on any atom is -0.462 e. The minimum absolute atomic E-state index is 0.00860. The highest BCUT2D eigenvalue weighted by Gasteiger charge is 2.38. The summed E-state index contributed by atoms with van der Waals surface area (Å²) in [6.45, 7) is 6.09. The van der Waals surface area contributed by atoms with Crippen molar-refractivity contribution >= 4 is 56.9 Å². The number of fused-ring (bicyclic) bond motifs is 1. The van der Waals surface area contributed by atoms with Crippen LogP contribution in [0.1, 0.15) is 23.7 Å². The number of esters is 1. The van der Waals surface area contributed by atoms with Crippen LogP contribution in [0.5, 0.6) is 0 Å². The van der Waals surface area contributed by atoms with E-state index in [9.17, 15) is 14.4 Å². The fraction of sp³-hybridized carbons (Fsp3) is 0.185. The molecule has 4 rings (SSSR count). The normalized spacial score (nSPS) is 16.5. The van der Waals surface area contributed by atoms with Gasteiger partial charge in [0.05, 0.1) is 17.9 Å². The summed E-state index contributed by atoms with van der Waals surface area (Å²) in [4.78, 5) is 43.9. The Morgan fingerprint density at radius 1 is 1.11 bits per heavy atom. The van der Waals surface area contributed by atoms with Crippen LogP contribution < -0.4 is 5.32 Å². The molecule has 8 heteroatoms. The van der Waals surface area contributed by atoms with Crippen LogP contribution in [-0.2, 0) is 14.3 Å². The van der Waals surface area contributed by atoms with Crippen LogP contribution in [0.2, 0.25) is 0 Å². The van der Waals surface area contributed by atoms with Crippen LogP contribution in [0.15, 0.2) is 84.4 Å².